The predicted molar refractivity (Wildman–Crippen MR) is 64.1 cm³/mol. The molecule has 1 N–H and O–H groups in total. The summed E-state index contributed by atoms with van der Waals surface area (Å²) >= 11 is 0. The Labute approximate surface area is 100 Å². The van der Waals surface area contributed by atoms with Gasteiger partial charge in [0.15, 0.2) is 0 Å². The van der Waals surface area contributed by atoms with Gasteiger partial charge in [0, 0.05) is 5.41 Å². The van der Waals surface area contributed by atoms with Gasteiger partial charge in [-0.15, -0.1) is 0 Å². The molecule has 0 bridgehead atoms. The van der Waals surface area contributed by atoms with Gasteiger partial charge in [0.05, 0.1) is 5.56 Å². The van der Waals surface area contributed by atoms with Crippen molar-refractivity contribution in [2.45, 2.75) is 44.2 Å². The minimum atomic E-state index is -1.32. The van der Waals surface area contributed by atoms with E-state index in [4.69, 9.17) is 5.11 Å². The van der Waals surface area contributed by atoms with Crippen molar-refractivity contribution in [3.05, 3.63) is 35.4 Å². The lowest BCUT2D eigenvalue weighted by atomic mass is 9.57. The van der Waals surface area contributed by atoms with Crippen LogP contribution in [0.15, 0.2) is 24.3 Å². The minimum absolute atomic E-state index is 0.234. The summed E-state index contributed by atoms with van der Waals surface area (Å²) < 4.78 is 14.4. The van der Waals surface area contributed by atoms with Crippen LogP contribution in [0.1, 0.15) is 49.0 Å². The van der Waals surface area contributed by atoms with Crippen molar-refractivity contribution in [3.63, 3.8) is 0 Å². The van der Waals surface area contributed by atoms with Crippen LogP contribution in [0.2, 0.25) is 0 Å². The molecule has 1 aliphatic rings. The van der Waals surface area contributed by atoms with Crippen LogP contribution in [0.25, 0.3) is 0 Å². The van der Waals surface area contributed by atoms with Gasteiger partial charge in [0.25, 0.3) is 0 Å². The third-order valence-corrected chi connectivity index (χ3v) is 4.01. The van der Waals surface area contributed by atoms with Crippen LogP contribution in [-0.4, -0.2) is 16.7 Å². The molecule has 0 aromatic heterocycles. The highest BCUT2D eigenvalue weighted by atomic mass is 19.1. The fraction of sp³-hybridized carbons (Fsp3) is 0.500. The number of alkyl halides is 1. The van der Waals surface area contributed by atoms with Crippen LogP contribution in [0, 0.1) is 0 Å². The summed E-state index contributed by atoms with van der Waals surface area (Å²) in [4.78, 5) is 10.9. The number of carbonyl (C=O) groups is 1. The Morgan fingerprint density at radius 1 is 1.41 bits per heavy atom. The van der Waals surface area contributed by atoms with Crippen molar-refractivity contribution in [3.8, 4) is 0 Å². The molecule has 0 saturated heterocycles. The van der Waals surface area contributed by atoms with E-state index in [1.807, 2.05) is 6.07 Å². The second-order valence-electron chi connectivity index (χ2n) is 5.29. The molecule has 2 nitrogen and oxygen atoms in total. The van der Waals surface area contributed by atoms with E-state index in [0.717, 1.165) is 24.8 Å². The highest BCUT2D eigenvalue weighted by molar-refractivity contribution is 5.87. The monoisotopic (exact) mass is 236 g/mol. The molecule has 0 amide bonds. The van der Waals surface area contributed by atoms with Crippen LogP contribution in [0.4, 0.5) is 4.39 Å². The van der Waals surface area contributed by atoms with Gasteiger partial charge in [-0.25, -0.2) is 9.18 Å². The quantitative estimate of drug-likeness (QED) is 0.871. The number of aromatic carboxylic acids is 1. The fourth-order valence-electron chi connectivity index (χ4n) is 2.71. The third kappa shape index (κ3) is 1.84. The molecule has 0 radical (unpaired) electrons. The highest BCUT2D eigenvalue weighted by Gasteiger charge is 2.51. The van der Waals surface area contributed by atoms with E-state index >= 15 is 0 Å². The molecule has 0 spiro atoms. The van der Waals surface area contributed by atoms with Gasteiger partial charge in [-0.2, -0.15) is 0 Å². The number of hydrogen-bond donors (Lipinski definition) is 1. The number of rotatable bonds is 3. The maximum absolute atomic E-state index is 14.4. The average molecular weight is 236 g/mol. The lowest BCUT2D eigenvalue weighted by Crippen LogP contribution is -2.49. The first-order chi connectivity index (χ1) is 7.87. The Balaban J connectivity index is 2.45. The fourth-order valence-corrected chi connectivity index (χ4v) is 2.71. The Hall–Kier alpha value is -1.38. The zero-order chi connectivity index (χ0) is 12.7. The van der Waals surface area contributed by atoms with E-state index in [0.29, 0.717) is 0 Å². The molecule has 3 heteroatoms. The van der Waals surface area contributed by atoms with Gasteiger partial charge >= 0.3 is 5.97 Å². The molecule has 0 atom stereocenters. The SMILES string of the molecule is CC(C)(F)C1(c2cccc(C(=O)O)c2)CCC1. The van der Waals surface area contributed by atoms with Crippen molar-refractivity contribution in [1.82, 2.24) is 0 Å². The molecule has 1 fully saturated rings. The van der Waals surface area contributed by atoms with Gasteiger partial charge in [-0.05, 0) is 44.4 Å². The Morgan fingerprint density at radius 3 is 2.47 bits per heavy atom. The van der Waals surface area contributed by atoms with E-state index < -0.39 is 17.1 Å². The van der Waals surface area contributed by atoms with Crippen LogP contribution in [0.3, 0.4) is 0 Å². The maximum Gasteiger partial charge on any atom is 0.335 e. The number of carboxylic acid groups (broad SMARTS) is 1. The summed E-state index contributed by atoms with van der Waals surface area (Å²) in [6.07, 6.45) is 2.59. The molecule has 17 heavy (non-hydrogen) atoms. The smallest absolute Gasteiger partial charge is 0.335 e. The van der Waals surface area contributed by atoms with Crippen molar-refractivity contribution >= 4 is 5.97 Å². The van der Waals surface area contributed by atoms with Gasteiger partial charge in [0.2, 0.25) is 0 Å². The molecule has 1 saturated carbocycles. The summed E-state index contributed by atoms with van der Waals surface area (Å²) in [5.41, 5.74) is -0.768. The van der Waals surface area contributed by atoms with E-state index in [1.54, 1.807) is 32.0 Å². The van der Waals surface area contributed by atoms with Crippen molar-refractivity contribution < 1.29 is 14.3 Å². The van der Waals surface area contributed by atoms with Crippen LogP contribution < -0.4 is 0 Å². The summed E-state index contributed by atoms with van der Waals surface area (Å²) in [5.74, 6) is -0.960. The Kier molecular flexibility index (Phi) is 2.72. The number of carboxylic acids is 1. The second-order valence-corrected chi connectivity index (χ2v) is 5.29. The summed E-state index contributed by atoms with van der Waals surface area (Å²) in [6, 6.07) is 6.70. The topological polar surface area (TPSA) is 37.3 Å². The first-order valence-corrected chi connectivity index (χ1v) is 5.90. The molecular weight excluding hydrogens is 219 g/mol. The van der Waals surface area contributed by atoms with Crippen LogP contribution >= 0.6 is 0 Å². The van der Waals surface area contributed by atoms with Gasteiger partial charge < -0.3 is 5.11 Å². The second kappa shape index (κ2) is 3.83. The molecule has 0 aliphatic heterocycles. The summed E-state index contributed by atoms with van der Waals surface area (Å²) in [5, 5.41) is 8.97. The zero-order valence-corrected chi connectivity index (χ0v) is 10.2. The number of hydrogen-bond acceptors (Lipinski definition) is 1. The predicted octanol–water partition coefficient (Wildman–Crippen LogP) is 3.55. The third-order valence-electron chi connectivity index (χ3n) is 4.01. The molecular formula is C14H17FO2. The zero-order valence-electron chi connectivity index (χ0n) is 10.2. The van der Waals surface area contributed by atoms with E-state index in [-0.39, 0.29) is 5.56 Å². The van der Waals surface area contributed by atoms with E-state index in [1.165, 1.54) is 0 Å². The van der Waals surface area contributed by atoms with Crippen molar-refractivity contribution in [2.24, 2.45) is 0 Å². The van der Waals surface area contributed by atoms with Gasteiger partial charge in [-0.1, -0.05) is 18.6 Å². The average Bonchev–Trinajstić information content (AvgIpc) is 2.13. The van der Waals surface area contributed by atoms with Gasteiger partial charge in [0.1, 0.15) is 5.67 Å². The normalized spacial score (nSPS) is 18.5. The van der Waals surface area contributed by atoms with Crippen LogP contribution in [-0.2, 0) is 5.41 Å². The van der Waals surface area contributed by atoms with Gasteiger partial charge in [-0.3, -0.25) is 0 Å². The summed E-state index contributed by atoms with van der Waals surface area (Å²) in [7, 11) is 0. The standard InChI is InChI=1S/C14H17FO2/c1-13(2,15)14(7-4-8-14)11-6-3-5-10(9-11)12(16)17/h3,5-6,9H,4,7-8H2,1-2H3,(H,16,17). The molecule has 1 aromatic rings. The molecule has 1 aromatic carbocycles. The summed E-state index contributed by atoms with van der Waals surface area (Å²) in [6.45, 7) is 3.17. The highest BCUT2D eigenvalue weighted by Crippen LogP contribution is 2.52. The molecule has 92 valence electrons. The largest absolute Gasteiger partial charge is 0.478 e. The minimum Gasteiger partial charge on any atom is -0.478 e. The maximum atomic E-state index is 14.4. The lowest BCUT2D eigenvalue weighted by Gasteiger charge is -2.49. The molecule has 1 aliphatic carbocycles. The molecule has 2 rings (SSSR count). The first kappa shape index (κ1) is 12.1. The number of benzene rings is 1. The van der Waals surface area contributed by atoms with E-state index in [2.05, 4.69) is 0 Å². The first-order valence-electron chi connectivity index (χ1n) is 5.90. The Bertz CT molecular complexity index is 442. The van der Waals surface area contributed by atoms with Crippen molar-refractivity contribution in [1.29, 1.82) is 0 Å². The van der Waals surface area contributed by atoms with E-state index in [9.17, 15) is 9.18 Å². The van der Waals surface area contributed by atoms with Crippen LogP contribution in [0.5, 0.6) is 0 Å². The Morgan fingerprint density at radius 2 is 2.06 bits per heavy atom. The van der Waals surface area contributed by atoms with Crippen molar-refractivity contribution in [2.75, 3.05) is 0 Å². The number of halogens is 1. The molecule has 0 unspecified atom stereocenters. The molecule has 0 heterocycles. The lowest BCUT2D eigenvalue weighted by molar-refractivity contribution is 0.0266.